The van der Waals surface area contributed by atoms with Gasteiger partial charge in [0.15, 0.2) is 6.35 Å². The molecule has 5 aliphatic rings. The highest BCUT2D eigenvalue weighted by molar-refractivity contribution is 7.91. The van der Waals surface area contributed by atoms with E-state index in [4.69, 9.17) is 4.74 Å². The van der Waals surface area contributed by atoms with Crippen LogP contribution in [0.2, 0.25) is 0 Å². The third-order valence-corrected chi connectivity index (χ3v) is 14.3. The van der Waals surface area contributed by atoms with Crippen LogP contribution in [0, 0.1) is 11.3 Å². The maximum atomic E-state index is 14.8. The maximum Gasteiger partial charge on any atom is 0.410 e. The number of sulfonamides is 1. The minimum atomic E-state index is -3.92. The standard InChI is InChI=1S/C41H66N6O8S/c1-9-27-16-14-12-13-15-21-46(26(4)5)38(51)42-34(40(6,7)8)36(49)47-24-30(55-39(52)45-23-28(10-2)32(27)25-45)22-33(47)35(48)43-41(20-19-29(41)11-3)37(50)44-56(53,54)31-17-18-31/h10-11,26,29-31,33-34,38,42,51H,3,9,12-25H2,1-2,4-8H3,(H,43,48)(H,44,50). The Morgan fingerprint density at radius 2 is 1.80 bits per heavy atom. The van der Waals surface area contributed by atoms with E-state index in [1.165, 1.54) is 16.0 Å². The summed E-state index contributed by atoms with van der Waals surface area (Å²) in [4.78, 5) is 61.9. The molecule has 2 saturated carbocycles. The second-order valence-electron chi connectivity index (χ2n) is 17.7. The van der Waals surface area contributed by atoms with E-state index in [2.05, 4.69) is 28.9 Å². The van der Waals surface area contributed by atoms with Gasteiger partial charge in [-0.15, -0.1) is 6.58 Å². The molecule has 15 heteroatoms. The summed E-state index contributed by atoms with van der Waals surface area (Å²) in [6, 6.07) is -2.16. The SMILES string of the molecule is C=CC1CCC1(NC(=O)C1CC2CN1C(=O)C(C(C)(C)C)NC(O)N(C(C)C)CCCCCCC(CC)=C1CN(CC1=CC)C(=O)O2)C(=O)NS(=O)(=O)C1CC1. The Balaban J connectivity index is 1.49. The normalized spacial score (nSPS) is 31.3. The zero-order valence-corrected chi connectivity index (χ0v) is 35.4. The Labute approximate surface area is 333 Å². The lowest BCUT2D eigenvalue weighted by Gasteiger charge is -2.47. The first-order valence-electron chi connectivity index (χ1n) is 20.7. The van der Waals surface area contributed by atoms with Crippen molar-refractivity contribution in [2.45, 2.75) is 160 Å². The van der Waals surface area contributed by atoms with Crippen LogP contribution < -0.4 is 15.4 Å². The molecule has 0 aromatic carbocycles. The summed E-state index contributed by atoms with van der Waals surface area (Å²) < 4.78 is 34.0. The van der Waals surface area contributed by atoms with E-state index < -0.39 is 80.5 Å². The molecule has 0 spiro atoms. The lowest BCUT2D eigenvalue weighted by atomic mass is 9.66. The largest absolute Gasteiger partial charge is 0.444 e. The van der Waals surface area contributed by atoms with E-state index in [1.54, 1.807) is 11.0 Å². The molecule has 6 unspecified atom stereocenters. The maximum absolute atomic E-state index is 14.8. The number of amides is 4. The van der Waals surface area contributed by atoms with E-state index in [-0.39, 0.29) is 25.4 Å². The van der Waals surface area contributed by atoms with Gasteiger partial charge in [-0.2, -0.15) is 0 Å². The molecule has 56 heavy (non-hydrogen) atoms. The van der Waals surface area contributed by atoms with Crippen LogP contribution in [-0.2, 0) is 29.1 Å². The average Bonchev–Trinajstić information content (AvgIpc) is 3.78. The highest BCUT2D eigenvalue weighted by atomic mass is 32.2. The monoisotopic (exact) mass is 802 g/mol. The van der Waals surface area contributed by atoms with Crippen LogP contribution in [0.25, 0.3) is 0 Å². The minimum absolute atomic E-state index is 0.0347. The average molecular weight is 803 g/mol. The van der Waals surface area contributed by atoms with Crippen LogP contribution in [0.15, 0.2) is 35.5 Å². The molecule has 0 radical (unpaired) electrons. The minimum Gasteiger partial charge on any atom is -0.444 e. The van der Waals surface area contributed by atoms with Crippen LogP contribution in [0.5, 0.6) is 0 Å². The molecule has 5 rings (SSSR count). The number of hydrogen-bond acceptors (Lipinski definition) is 10. The zero-order chi connectivity index (χ0) is 41.2. The molecule has 4 fully saturated rings. The molecule has 6 atom stereocenters. The molecule has 3 heterocycles. The number of hydrogen-bond donors (Lipinski definition) is 4. The molecule has 2 saturated heterocycles. The number of allylic oxidation sites excluding steroid dienone is 2. The molecular weight excluding hydrogens is 737 g/mol. The smallest absolute Gasteiger partial charge is 0.410 e. The Morgan fingerprint density at radius 1 is 1.11 bits per heavy atom. The van der Waals surface area contributed by atoms with Gasteiger partial charge in [0.2, 0.25) is 21.8 Å². The second-order valence-corrected chi connectivity index (χ2v) is 19.7. The van der Waals surface area contributed by atoms with Gasteiger partial charge in [0.25, 0.3) is 5.91 Å². The van der Waals surface area contributed by atoms with Gasteiger partial charge < -0.3 is 20.1 Å². The fraction of sp³-hybridized carbons (Fsp3) is 0.756. The highest BCUT2D eigenvalue weighted by Crippen LogP contribution is 2.41. The fourth-order valence-corrected chi connectivity index (χ4v) is 10.0. The van der Waals surface area contributed by atoms with Crippen LogP contribution in [0.4, 0.5) is 4.79 Å². The van der Waals surface area contributed by atoms with Crippen LogP contribution in [0.3, 0.4) is 0 Å². The van der Waals surface area contributed by atoms with Crippen molar-refractivity contribution in [1.29, 1.82) is 0 Å². The summed E-state index contributed by atoms with van der Waals surface area (Å²) in [5.74, 6) is -2.49. The predicted molar refractivity (Wildman–Crippen MR) is 214 cm³/mol. The van der Waals surface area contributed by atoms with Gasteiger partial charge >= 0.3 is 6.09 Å². The number of aliphatic hydroxyl groups is 1. The molecule has 4 amide bonds. The van der Waals surface area contributed by atoms with Gasteiger partial charge in [-0.05, 0) is 88.7 Å². The Bertz CT molecular complexity index is 1680. The Hall–Kier alpha value is -3.27. The number of ether oxygens (including phenoxy) is 1. The van der Waals surface area contributed by atoms with E-state index in [9.17, 15) is 32.7 Å². The number of rotatable bonds is 8. The van der Waals surface area contributed by atoms with Gasteiger partial charge in [0.05, 0.1) is 17.8 Å². The summed E-state index contributed by atoms with van der Waals surface area (Å²) in [5.41, 5.74) is 1.27. The van der Waals surface area contributed by atoms with Crippen molar-refractivity contribution >= 4 is 33.8 Å². The van der Waals surface area contributed by atoms with E-state index in [1.807, 2.05) is 52.5 Å². The van der Waals surface area contributed by atoms with Gasteiger partial charge in [0.1, 0.15) is 17.7 Å². The van der Waals surface area contributed by atoms with Crippen molar-refractivity contribution in [2.24, 2.45) is 11.3 Å². The molecule has 14 nitrogen and oxygen atoms in total. The first kappa shape index (κ1) is 43.8. The van der Waals surface area contributed by atoms with Crippen molar-refractivity contribution in [3.63, 3.8) is 0 Å². The van der Waals surface area contributed by atoms with Crippen LogP contribution in [0.1, 0.15) is 119 Å². The quantitative estimate of drug-likeness (QED) is 0.262. The fourth-order valence-electron chi connectivity index (χ4n) is 8.67. The first-order valence-corrected chi connectivity index (χ1v) is 22.2. The number of nitrogens with one attached hydrogen (secondary N) is 3. The molecule has 4 N–H and O–H groups in total. The molecule has 0 aromatic heterocycles. The van der Waals surface area contributed by atoms with Crippen LogP contribution in [-0.4, -0.2) is 120 Å². The van der Waals surface area contributed by atoms with Crippen molar-refractivity contribution in [3.8, 4) is 0 Å². The van der Waals surface area contributed by atoms with Gasteiger partial charge in [0, 0.05) is 38.0 Å². The number of fused-ring (bicyclic) bond motifs is 4. The Kier molecular flexibility index (Phi) is 13.9. The zero-order valence-electron chi connectivity index (χ0n) is 34.6. The first-order chi connectivity index (χ1) is 26.4. The highest BCUT2D eigenvalue weighted by Gasteiger charge is 2.56. The third kappa shape index (κ3) is 9.53. The molecule has 4 bridgehead atoms. The molecule has 2 aliphatic carbocycles. The molecule has 314 valence electrons. The third-order valence-electron chi connectivity index (χ3n) is 12.4. The van der Waals surface area contributed by atoms with Gasteiger partial charge in [-0.3, -0.25) is 34.2 Å². The van der Waals surface area contributed by atoms with Gasteiger partial charge in [-0.25, -0.2) is 13.2 Å². The van der Waals surface area contributed by atoms with Crippen molar-refractivity contribution in [1.82, 2.24) is 30.1 Å². The van der Waals surface area contributed by atoms with Crippen molar-refractivity contribution < 1.29 is 37.4 Å². The number of nitrogens with zero attached hydrogens (tertiary/aromatic N) is 3. The summed E-state index contributed by atoms with van der Waals surface area (Å²) >= 11 is 0. The van der Waals surface area contributed by atoms with E-state index >= 15 is 0 Å². The second kappa shape index (κ2) is 17.7. The Morgan fingerprint density at radius 3 is 2.38 bits per heavy atom. The topological polar surface area (TPSA) is 178 Å². The number of aliphatic hydroxyl groups excluding tert-OH is 1. The molecule has 0 aromatic rings. The van der Waals surface area contributed by atoms with E-state index in [0.717, 1.165) is 44.1 Å². The number of carbonyl (C=O) groups is 4. The lowest BCUT2D eigenvalue weighted by Crippen LogP contribution is -2.70. The summed E-state index contributed by atoms with van der Waals surface area (Å²) in [6.07, 6.45) is 8.31. The summed E-state index contributed by atoms with van der Waals surface area (Å²) in [7, 11) is -3.92. The van der Waals surface area contributed by atoms with E-state index in [0.29, 0.717) is 38.9 Å². The van der Waals surface area contributed by atoms with Gasteiger partial charge in [-0.1, -0.05) is 58.3 Å². The van der Waals surface area contributed by atoms with Crippen molar-refractivity contribution in [2.75, 3.05) is 26.2 Å². The molecular formula is C41H66N6O8S. The number of carbonyl (C=O) groups excluding carboxylic acids is 4. The van der Waals surface area contributed by atoms with Crippen LogP contribution >= 0.6 is 0 Å². The summed E-state index contributed by atoms with van der Waals surface area (Å²) in [5, 5.41) is 17.1. The van der Waals surface area contributed by atoms with Crippen molar-refractivity contribution in [3.05, 3.63) is 35.5 Å². The summed E-state index contributed by atoms with van der Waals surface area (Å²) in [6.45, 7) is 18.9. The molecule has 3 aliphatic heterocycles. The lowest BCUT2D eigenvalue weighted by molar-refractivity contribution is -0.148. The predicted octanol–water partition coefficient (Wildman–Crippen LogP) is 4.08.